The average Bonchev–Trinajstić information content (AvgIpc) is 3.33. The van der Waals surface area contributed by atoms with Gasteiger partial charge in [-0.2, -0.15) is 20.5 Å². The Kier molecular flexibility index (Phi) is 23.1. The maximum absolute atomic E-state index is 13.0. The van der Waals surface area contributed by atoms with Gasteiger partial charge in [0.05, 0.1) is 47.2 Å². The summed E-state index contributed by atoms with van der Waals surface area (Å²) in [6, 6.07) is 36.9. The number of ether oxygens (including phenoxy) is 3. The van der Waals surface area contributed by atoms with Crippen molar-refractivity contribution in [3.63, 3.8) is 0 Å². The quantitative estimate of drug-likeness (QED) is 0.0145. The van der Waals surface area contributed by atoms with Crippen molar-refractivity contribution in [1.82, 2.24) is 0 Å². The first-order chi connectivity index (χ1) is 31.6. The molecule has 0 spiro atoms. The number of nitrogens with zero attached hydrogens (tertiary/aromatic N) is 5. The van der Waals surface area contributed by atoms with Crippen LogP contribution in [0.5, 0.6) is 17.2 Å². The third-order valence-corrected chi connectivity index (χ3v) is 10.9. The Labute approximate surface area is 382 Å². The predicted octanol–water partition coefficient (Wildman–Crippen LogP) is 17.7. The van der Waals surface area contributed by atoms with Gasteiger partial charge in [-0.15, -0.1) is 0 Å². The molecule has 0 N–H and O–H groups in total. The van der Waals surface area contributed by atoms with Crippen LogP contribution in [0.1, 0.15) is 152 Å². The smallest absolute Gasteiger partial charge is 0.343 e. The van der Waals surface area contributed by atoms with Crippen LogP contribution in [0.25, 0.3) is 0 Å². The van der Waals surface area contributed by atoms with Crippen molar-refractivity contribution in [2.45, 2.75) is 136 Å². The molecule has 0 aliphatic heterocycles. The van der Waals surface area contributed by atoms with Crippen LogP contribution < -0.4 is 14.2 Å². The van der Waals surface area contributed by atoms with Crippen LogP contribution >= 0.6 is 0 Å². The first-order valence-electron chi connectivity index (χ1n) is 23.9. The lowest BCUT2D eigenvalue weighted by atomic mass is 10.1. The average molecular weight is 864 g/mol. The second-order valence-electron chi connectivity index (χ2n) is 16.4. The van der Waals surface area contributed by atoms with E-state index in [0.29, 0.717) is 17.0 Å². The second kappa shape index (κ2) is 30.2. The van der Waals surface area contributed by atoms with Crippen LogP contribution in [-0.2, 0) is 0 Å². The number of carbonyl (C=O) groups is 1. The molecule has 0 aromatic heterocycles. The van der Waals surface area contributed by atoms with Gasteiger partial charge in [-0.05, 0) is 128 Å². The second-order valence-corrected chi connectivity index (χ2v) is 16.4. The summed E-state index contributed by atoms with van der Waals surface area (Å²) in [5.41, 5.74) is 4.79. The van der Waals surface area contributed by atoms with E-state index in [4.69, 9.17) is 14.2 Å². The zero-order valence-electron chi connectivity index (χ0n) is 38.3. The summed E-state index contributed by atoms with van der Waals surface area (Å²) in [6.45, 7) is 5.99. The molecule has 0 aliphatic rings. The van der Waals surface area contributed by atoms with Gasteiger partial charge < -0.3 is 14.2 Å². The number of esters is 1. The standard InChI is InChI=1S/C55H69N5O4/c1-3-5-7-9-11-13-15-17-19-21-42-63-53-39-35-51(36-40-53)60-58-49-31-29-47(30-32-49)56-44-45-23-22-24-54(43-45)64-55(61)46-25-27-48(28-26-46)57-59-50-33-37-52(38-34-50)62-41-20-18-16-14-12-10-8-6-4-2/h22-40,43-44H,3-21,41-42H2,1-2H3. The number of hydrogen-bond donors (Lipinski definition) is 0. The van der Waals surface area contributed by atoms with Gasteiger partial charge in [0.1, 0.15) is 17.2 Å². The minimum Gasteiger partial charge on any atom is -0.494 e. The molecule has 5 rings (SSSR count). The fraction of sp³-hybridized carbons (Fsp3) is 0.418. The van der Waals surface area contributed by atoms with E-state index in [0.717, 1.165) is 65.9 Å². The molecule has 0 bridgehead atoms. The lowest BCUT2D eigenvalue weighted by Crippen LogP contribution is -2.08. The molecule has 0 saturated carbocycles. The number of carbonyl (C=O) groups excluding carboxylic acids is 1. The van der Waals surface area contributed by atoms with E-state index in [2.05, 4.69) is 39.3 Å². The molecule has 0 radical (unpaired) electrons. The van der Waals surface area contributed by atoms with Crippen LogP contribution in [0.2, 0.25) is 0 Å². The number of azo groups is 2. The van der Waals surface area contributed by atoms with Gasteiger partial charge in [-0.25, -0.2) is 4.79 Å². The van der Waals surface area contributed by atoms with E-state index in [-0.39, 0.29) is 0 Å². The molecule has 0 aliphatic carbocycles. The molecule has 0 atom stereocenters. The maximum atomic E-state index is 13.0. The van der Waals surface area contributed by atoms with E-state index >= 15 is 0 Å². The molecule has 0 heterocycles. The van der Waals surface area contributed by atoms with Crippen molar-refractivity contribution in [2.24, 2.45) is 25.4 Å². The zero-order chi connectivity index (χ0) is 44.7. The zero-order valence-corrected chi connectivity index (χ0v) is 38.3. The van der Waals surface area contributed by atoms with Gasteiger partial charge in [0.2, 0.25) is 0 Å². The Morgan fingerprint density at radius 1 is 0.422 bits per heavy atom. The normalized spacial score (nSPS) is 11.5. The predicted molar refractivity (Wildman–Crippen MR) is 263 cm³/mol. The highest BCUT2D eigenvalue weighted by atomic mass is 16.5. The molecule has 64 heavy (non-hydrogen) atoms. The van der Waals surface area contributed by atoms with Gasteiger partial charge in [-0.1, -0.05) is 135 Å². The lowest BCUT2D eigenvalue weighted by molar-refractivity contribution is 0.0734. The van der Waals surface area contributed by atoms with Crippen molar-refractivity contribution in [3.8, 4) is 17.2 Å². The molecule has 5 aromatic carbocycles. The molecule has 338 valence electrons. The van der Waals surface area contributed by atoms with Crippen LogP contribution in [0.4, 0.5) is 28.4 Å². The van der Waals surface area contributed by atoms with Crippen LogP contribution in [0.3, 0.4) is 0 Å². The van der Waals surface area contributed by atoms with Gasteiger partial charge in [0, 0.05) is 6.21 Å². The Morgan fingerprint density at radius 2 is 0.797 bits per heavy atom. The molecule has 9 nitrogen and oxygen atoms in total. The van der Waals surface area contributed by atoms with Crippen molar-refractivity contribution < 1.29 is 19.0 Å². The van der Waals surface area contributed by atoms with Gasteiger partial charge in [0.25, 0.3) is 0 Å². The molecule has 9 heteroatoms. The number of unbranched alkanes of at least 4 members (excludes halogenated alkanes) is 17. The van der Waals surface area contributed by atoms with E-state index in [1.165, 1.54) is 109 Å². The number of hydrogen-bond acceptors (Lipinski definition) is 9. The Hall–Kier alpha value is -5.96. The largest absolute Gasteiger partial charge is 0.494 e. The molecule has 0 saturated heterocycles. The first-order valence-corrected chi connectivity index (χ1v) is 23.9. The van der Waals surface area contributed by atoms with E-state index in [9.17, 15) is 4.79 Å². The lowest BCUT2D eigenvalue weighted by Gasteiger charge is -2.06. The fourth-order valence-corrected chi connectivity index (χ4v) is 7.07. The summed E-state index contributed by atoms with van der Waals surface area (Å²) < 4.78 is 17.5. The maximum Gasteiger partial charge on any atom is 0.343 e. The van der Waals surface area contributed by atoms with E-state index < -0.39 is 5.97 Å². The Morgan fingerprint density at radius 3 is 1.23 bits per heavy atom. The van der Waals surface area contributed by atoms with Crippen molar-refractivity contribution in [1.29, 1.82) is 0 Å². The highest BCUT2D eigenvalue weighted by molar-refractivity contribution is 5.91. The van der Waals surface area contributed by atoms with Crippen LogP contribution in [0.15, 0.2) is 147 Å². The first kappa shape index (κ1) is 49.1. The molecule has 5 aromatic rings. The summed E-state index contributed by atoms with van der Waals surface area (Å²) in [5.74, 6) is 1.64. The van der Waals surface area contributed by atoms with Gasteiger partial charge in [0.15, 0.2) is 0 Å². The van der Waals surface area contributed by atoms with Gasteiger partial charge >= 0.3 is 5.97 Å². The molecular formula is C55H69N5O4. The monoisotopic (exact) mass is 864 g/mol. The van der Waals surface area contributed by atoms with E-state index in [1.54, 1.807) is 42.6 Å². The number of rotatable bonds is 31. The summed E-state index contributed by atoms with van der Waals surface area (Å²) >= 11 is 0. The van der Waals surface area contributed by atoms with Gasteiger partial charge in [-0.3, -0.25) is 4.99 Å². The minimum absolute atomic E-state index is 0.407. The van der Waals surface area contributed by atoms with Crippen molar-refractivity contribution >= 4 is 40.6 Å². The Balaban J connectivity index is 0.976. The molecule has 0 fully saturated rings. The molecule has 0 unspecified atom stereocenters. The highest BCUT2D eigenvalue weighted by Gasteiger charge is 2.09. The fourth-order valence-electron chi connectivity index (χ4n) is 7.07. The summed E-state index contributed by atoms with van der Waals surface area (Å²) in [4.78, 5) is 17.6. The summed E-state index contributed by atoms with van der Waals surface area (Å²) in [5, 5.41) is 17.4. The SMILES string of the molecule is CCCCCCCCCCCCOc1ccc(N=Nc2ccc(N=Cc3cccc(OC(=O)c4ccc(N=Nc5ccc(OCCCCCCCCCCC)cc5)cc4)c3)cc2)cc1. The minimum atomic E-state index is -0.468. The topological polar surface area (TPSA) is 107 Å². The third kappa shape index (κ3) is 20.0. The van der Waals surface area contributed by atoms with Crippen LogP contribution in [-0.4, -0.2) is 25.4 Å². The van der Waals surface area contributed by atoms with Crippen molar-refractivity contribution in [3.05, 3.63) is 132 Å². The Bertz CT molecular complexity index is 2110. The van der Waals surface area contributed by atoms with E-state index in [1.807, 2.05) is 84.9 Å². The summed E-state index contributed by atoms with van der Waals surface area (Å²) in [7, 11) is 0. The number of aliphatic imine (C=N–C) groups is 1. The molecule has 0 amide bonds. The highest BCUT2D eigenvalue weighted by Crippen LogP contribution is 2.26. The number of benzene rings is 5. The van der Waals surface area contributed by atoms with Crippen molar-refractivity contribution in [2.75, 3.05) is 13.2 Å². The third-order valence-electron chi connectivity index (χ3n) is 10.9. The molecular weight excluding hydrogens is 795 g/mol. The summed E-state index contributed by atoms with van der Waals surface area (Å²) in [6.07, 6.45) is 26.5. The van der Waals surface area contributed by atoms with Crippen LogP contribution in [0, 0.1) is 0 Å².